The summed E-state index contributed by atoms with van der Waals surface area (Å²) >= 11 is 5.93. The molecular weight excluding hydrogens is 208 g/mol. The van der Waals surface area contributed by atoms with Crippen LogP contribution in [-0.2, 0) is 5.88 Å². The van der Waals surface area contributed by atoms with Crippen LogP contribution in [0.25, 0.3) is 11.0 Å². The van der Waals surface area contributed by atoms with Crippen molar-refractivity contribution in [2.24, 2.45) is 0 Å². The van der Waals surface area contributed by atoms with Crippen molar-refractivity contribution in [3.05, 3.63) is 29.6 Å². The fraction of sp³-hybridized carbons (Fsp3) is 0.417. The van der Waals surface area contributed by atoms with E-state index in [9.17, 15) is 0 Å². The summed E-state index contributed by atoms with van der Waals surface area (Å²) in [5.41, 5.74) is 3.57. The summed E-state index contributed by atoms with van der Waals surface area (Å²) in [5, 5.41) is 0. The molecule has 0 amide bonds. The summed E-state index contributed by atoms with van der Waals surface area (Å²) in [4.78, 5) is 4.58. The minimum Gasteiger partial charge on any atom is -0.324 e. The number of fused-ring (bicyclic) bond motifs is 1. The Morgan fingerprint density at radius 2 is 2.27 bits per heavy atom. The highest BCUT2D eigenvalue weighted by molar-refractivity contribution is 6.16. The lowest BCUT2D eigenvalue weighted by Gasteiger charge is -2.04. The number of aryl methyl sites for hydroxylation is 1. The van der Waals surface area contributed by atoms with E-state index in [1.807, 2.05) is 0 Å². The van der Waals surface area contributed by atoms with Gasteiger partial charge in [-0.1, -0.05) is 6.07 Å². The van der Waals surface area contributed by atoms with Gasteiger partial charge in [0.1, 0.15) is 5.82 Å². The van der Waals surface area contributed by atoms with Crippen molar-refractivity contribution >= 4 is 22.6 Å². The zero-order valence-corrected chi connectivity index (χ0v) is 9.46. The molecule has 1 heterocycles. The second kappa shape index (κ2) is 3.24. The Bertz CT molecular complexity index is 512. The van der Waals surface area contributed by atoms with Crippen LogP contribution in [0.2, 0.25) is 0 Å². The van der Waals surface area contributed by atoms with Gasteiger partial charge in [0.25, 0.3) is 0 Å². The van der Waals surface area contributed by atoms with E-state index in [1.54, 1.807) is 0 Å². The van der Waals surface area contributed by atoms with Gasteiger partial charge in [-0.05, 0) is 37.5 Å². The molecule has 2 aromatic rings. The maximum Gasteiger partial charge on any atom is 0.125 e. The van der Waals surface area contributed by atoms with Crippen molar-refractivity contribution in [2.75, 3.05) is 0 Å². The lowest BCUT2D eigenvalue weighted by atomic mass is 10.2. The molecule has 3 rings (SSSR count). The van der Waals surface area contributed by atoms with E-state index in [4.69, 9.17) is 11.6 Å². The van der Waals surface area contributed by atoms with Crippen LogP contribution in [0.1, 0.15) is 30.3 Å². The van der Waals surface area contributed by atoms with Gasteiger partial charge >= 0.3 is 0 Å². The van der Waals surface area contributed by atoms with E-state index in [-0.39, 0.29) is 0 Å². The van der Waals surface area contributed by atoms with Gasteiger partial charge in [0.15, 0.2) is 0 Å². The fourth-order valence-electron chi connectivity index (χ4n) is 2.09. The van der Waals surface area contributed by atoms with Crippen LogP contribution in [0.5, 0.6) is 0 Å². The largest absolute Gasteiger partial charge is 0.324 e. The lowest BCUT2D eigenvalue weighted by Crippen LogP contribution is -1.98. The zero-order chi connectivity index (χ0) is 10.4. The zero-order valence-electron chi connectivity index (χ0n) is 8.70. The predicted octanol–water partition coefficient (Wildman–Crippen LogP) is 3.42. The summed E-state index contributed by atoms with van der Waals surface area (Å²) in [6.07, 6.45) is 2.53. The van der Waals surface area contributed by atoms with E-state index in [1.165, 1.54) is 23.9 Å². The number of halogens is 1. The van der Waals surface area contributed by atoms with Gasteiger partial charge in [0, 0.05) is 6.04 Å². The third-order valence-electron chi connectivity index (χ3n) is 2.95. The van der Waals surface area contributed by atoms with Gasteiger partial charge in [-0.3, -0.25) is 0 Å². The van der Waals surface area contributed by atoms with E-state index < -0.39 is 0 Å². The molecule has 1 aliphatic rings. The highest BCUT2D eigenvalue weighted by atomic mass is 35.5. The molecule has 0 bridgehead atoms. The Morgan fingerprint density at radius 1 is 1.47 bits per heavy atom. The third-order valence-corrected chi connectivity index (χ3v) is 3.19. The molecule has 1 aromatic carbocycles. The molecule has 15 heavy (non-hydrogen) atoms. The topological polar surface area (TPSA) is 17.8 Å². The van der Waals surface area contributed by atoms with Crippen LogP contribution in [0.15, 0.2) is 18.2 Å². The summed E-state index contributed by atoms with van der Waals surface area (Å²) in [7, 11) is 0. The first-order chi connectivity index (χ1) is 7.29. The Kier molecular flexibility index (Phi) is 1.99. The van der Waals surface area contributed by atoms with Crippen LogP contribution >= 0.6 is 11.6 Å². The predicted molar refractivity (Wildman–Crippen MR) is 62.3 cm³/mol. The lowest BCUT2D eigenvalue weighted by molar-refractivity contribution is 0.728. The Labute approximate surface area is 93.9 Å². The van der Waals surface area contributed by atoms with Crippen molar-refractivity contribution in [1.82, 2.24) is 9.55 Å². The summed E-state index contributed by atoms with van der Waals surface area (Å²) in [6.45, 7) is 2.09. The van der Waals surface area contributed by atoms with Crippen LogP contribution in [-0.4, -0.2) is 9.55 Å². The van der Waals surface area contributed by atoms with Gasteiger partial charge in [0.2, 0.25) is 0 Å². The molecule has 1 saturated carbocycles. The first kappa shape index (κ1) is 9.22. The summed E-state index contributed by atoms with van der Waals surface area (Å²) in [6, 6.07) is 7.07. The molecule has 1 aliphatic carbocycles. The molecule has 0 atom stereocenters. The number of hydrogen-bond donors (Lipinski definition) is 0. The van der Waals surface area contributed by atoms with Crippen molar-refractivity contribution < 1.29 is 0 Å². The van der Waals surface area contributed by atoms with Gasteiger partial charge < -0.3 is 4.57 Å². The molecule has 0 N–H and O–H groups in total. The van der Waals surface area contributed by atoms with Crippen LogP contribution in [0.4, 0.5) is 0 Å². The van der Waals surface area contributed by atoms with E-state index in [0.717, 1.165) is 11.3 Å². The van der Waals surface area contributed by atoms with Gasteiger partial charge in [-0.25, -0.2) is 4.98 Å². The molecule has 0 spiro atoms. The first-order valence-electron chi connectivity index (χ1n) is 5.33. The van der Waals surface area contributed by atoms with Crippen molar-refractivity contribution in [1.29, 1.82) is 0 Å². The average molecular weight is 221 g/mol. The Morgan fingerprint density at radius 3 is 2.93 bits per heavy atom. The number of benzene rings is 1. The SMILES string of the molecule is Cc1ccc2c(c1)nc(CCl)n2C1CC1. The Hall–Kier alpha value is -1.02. The van der Waals surface area contributed by atoms with Crippen LogP contribution in [0, 0.1) is 6.92 Å². The van der Waals surface area contributed by atoms with Gasteiger partial charge in [-0.2, -0.15) is 0 Å². The smallest absolute Gasteiger partial charge is 0.125 e. The third kappa shape index (κ3) is 1.44. The standard InChI is InChI=1S/C12H13ClN2/c1-8-2-5-11-10(6-8)14-12(7-13)15(11)9-3-4-9/h2,5-6,9H,3-4,7H2,1H3. The molecule has 0 aliphatic heterocycles. The van der Waals surface area contributed by atoms with E-state index in [2.05, 4.69) is 34.7 Å². The summed E-state index contributed by atoms with van der Waals surface area (Å²) in [5.74, 6) is 1.52. The van der Waals surface area contributed by atoms with Crippen LogP contribution in [0.3, 0.4) is 0 Å². The van der Waals surface area contributed by atoms with Crippen LogP contribution < -0.4 is 0 Å². The maximum atomic E-state index is 5.93. The Balaban J connectivity index is 2.28. The molecule has 1 fully saturated rings. The maximum absolute atomic E-state index is 5.93. The fourth-order valence-corrected chi connectivity index (χ4v) is 2.28. The van der Waals surface area contributed by atoms with E-state index >= 15 is 0 Å². The molecule has 78 valence electrons. The number of nitrogens with zero attached hydrogens (tertiary/aromatic N) is 2. The second-order valence-electron chi connectivity index (χ2n) is 4.26. The number of rotatable bonds is 2. The molecular formula is C12H13ClN2. The molecule has 2 nitrogen and oxygen atoms in total. The van der Waals surface area contributed by atoms with Gasteiger partial charge in [-0.15, -0.1) is 11.6 Å². The van der Waals surface area contributed by atoms with Crippen molar-refractivity contribution in [3.8, 4) is 0 Å². The summed E-state index contributed by atoms with van der Waals surface area (Å²) < 4.78 is 2.31. The minimum atomic E-state index is 0.504. The van der Waals surface area contributed by atoms with Crippen molar-refractivity contribution in [2.45, 2.75) is 31.7 Å². The normalized spacial score (nSPS) is 16.1. The molecule has 0 unspecified atom stereocenters. The highest BCUT2D eigenvalue weighted by Gasteiger charge is 2.27. The molecule has 1 aromatic heterocycles. The highest BCUT2D eigenvalue weighted by Crippen LogP contribution is 2.39. The van der Waals surface area contributed by atoms with E-state index in [0.29, 0.717) is 11.9 Å². The van der Waals surface area contributed by atoms with Gasteiger partial charge in [0.05, 0.1) is 16.9 Å². The minimum absolute atomic E-state index is 0.504. The first-order valence-corrected chi connectivity index (χ1v) is 5.86. The number of imidazole rings is 1. The second-order valence-corrected chi connectivity index (χ2v) is 4.52. The quantitative estimate of drug-likeness (QED) is 0.710. The molecule has 3 heteroatoms. The molecule has 0 radical (unpaired) electrons. The monoisotopic (exact) mass is 220 g/mol. The number of alkyl halides is 1. The molecule has 0 saturated heterocycles. The van der Waals surface area contributed by atoms with Crippen molar-refractivity contribution in [3.63, 3.8) is 0 Å². The average Bonchev–Trinajstić information content (AvgIpc) is 2.99. The number of aromatic nitrogens is 2. The number of hydrogen-bond acceptors (Lipinski definition) is 1.